The molecule has 0 heterocycles. The van der Waals surface area contributed by atoms with E-state index in [1.807, 2.05) is 13.0 Å². The van der Waals surface area contributed by atoms with Crippen LogP contribution in [0, 0.1) is 0 Å². The van der Waals surface area contributed by atoms with Crippen molar-refractivity contribution in [1.29, 1.82) is 0 Å². The molecule has 0 aliphatic rings. The van der Waals surface area contributed by atoms with Crippen LogP contribution in [0.2, 0.25) is 0 Å². The van der Waals surface area contributed by atoms with E-state index < -0.39 is 5.97 Å². The summed E-state index contributed by atoms with van der Waals surface area (Å²) in [5.41, 5.74) is 14.5. The summed E-state index contributed by atoms with van der Waals surface area (Å²) in [6.45, 7) is 2.14. The van der Waals surface area contributed by atoms with Crippen molar-refractivity contribution < 1.29 is 14.6 Å². The third kappa shape index (κ3) is 3.25. The van der Waals surface area contributed by atoms with Gasteiger partial charge in [-0.05, 0) is 24.1 Å². The second-order valence-corrected chi connectivity index (χ2v) is 4.69. The van der Waals surface area contributed by atoms with Crippen LogP contribution in [0.1, 0.15) is 28.4 Å². The lowest BCUT2D eigenvalue weighted by Crippen LogP contribution is -2.06. The fraction of sp³-hybridized carbons (Fsp3) is 0.188. The van der Waals surface area contributed by atoms with E-state index in [-0.39, 0.29) is 12.2 Å². The van der Waals surface area contributed by atoms with Crippen LogP contribution in [0.15, 0.2) is 36.4 Å². The van der Waals surface area contributed by atoms with Crippen molar-refractivity contribution in [1.82, 2.24) is 0 Å². The molecule has 0 aromatic heterocycles. The van der Waals surface area contributed by atoms with Gasteiger partial charge in [-0.1, -0.05) is 25.1 Å². The van der Waals surface area contributed by atoms with Gasteiger partial charge in [0.2, 0.25) is 0 Å². The largest absolute Gasteiger partial charge is 0.489 e. The highest BCUT2D eigenvalue weighted by Gasteiger charge is 2.10. The van der Waals surface area contributed by atoms with E-state index in [4.69, 9.17) is 21.3 Å². The van der Waals surface area contributed by atoms with Gasteiger partial charge in [0, 0.05) is 11.6 Å². The van der Waals surface area contributed by atoms with Crippen LogP contribution in [0.5, 0.6) is 5.75 Å². The molecule has 5 nitrogen and oxygen atoms in total. The van der Waals surface area contributed by atoms with Gasteiger partial charge in [-0.3, -0.25) is 0 Å². The minimum Gasteiger partial charge on any atom is -0.489 e. The Bertz CT molecular complexity index is 669. The van der Waals surface area contributed by atoms with Gasteiger partial charge < -0.3 is 21.3 Å². The lowest BCUT2D eigenvalue weighted by atomic mass is 10.1. The first-order valence-electron chi connectivity index (χ1n) is 6.64. The molecular weight excluding hydrogens is 268 g/mol. The van der Waals surface area contributed by atoms with Crippen molar-refractivity contribution in [2.45, 2.75) is 20.0 Å². The van der Waals surface area contributed by atoms with Crippen molar-refractivity contribution in [3.05, 3.63) is 53.1 Å². The van der Waals surface area contributed by atoms with Gasteiger partial charge in [0.15, 0.2) is 0 Å². The number of hydrogen-bond donors (Lipinski definition) is 3. The summed E-state index contributed by atoms with van der Waals surface area (Å²) in [6.07, 6.45) is 0.749. The van der Waals surface area contributed by atoms with E-state index in [1.165, 1.54) is 0 Å². The number of carboxylic acid groups (broad SMARTS) is 1. The summed E-state index contributed by atoms with van der Waals surface area (Å²) in [6, 6.07) is 10.2. The SMILES string of the molecule is CCc1cc(OCc2ccccc2C(=O)O)cc(N)c1N. The van der Waals surface area contributed by atoms with Gasteiger partial charge in [0.1, 0.15) is 12.4 Å². The molecule has 0 amide bonds. The summed E-state index contributed by atoms with van der Waals surface area (Å²) in [5, 5.41) is 9.13. The maximum atomic E-state index is 11.1. The maximum absolute atomic E-state index is 11.1. The van der Waals surface area contributed by atoms with E-state index in [0.29, 0.717) is 22.7 Å². The van der Waals surface area contributed by atoms with Gasteiger partial charge in [-0.15, -0.1) is 0 Å². The molecule has 0 bridgehead atoms. The first-order valence-corrected chi connectivity index (χ1v) is 6.64. The van der Waals surface area contributed by atoms with Gasteiger partial charge in [-0.2, -0.15) is 0 Å². The third-order valence-electron chi connectivity index (χ3n) is 3.29. The lowest BCUT2D eigenvalue weighted by molar-refractivity contribution is 0.0694. The van der Waals surface area contributed by atoms with E-state index in [1.54, 1.807) is 30.3 Å². The number of nitrogen functional groups attached to an aromatic ring is 2. The normalized spacial score (nSPS) is 10.3. The Hall–Kier alpha value is -2.69. The molecule has 0 aliphatic heterocycles. The van der Waals surface area contributed by atoms with Crippen LogP contribution < -0.4 is 16.2 Å². The number of benzene rings is 2. The Morgan fingerprint density at radius 2 is 1.90 bits per heavy atom. The molecule has 110 valence electrons. The molecule has 2 aromatic carbocycles. The number of rotatable bonds is 5. The smallest absolute Gasteiger partial charge is 0.336 e. The topological polar surface area (TPSA) is 98.6 Å². The summed E-state index contributed by atoms with van der Waals surface area (Å²) >= 11 is 0. The zero-order valence-electron chi connectivity index (χ0n) is 11.8. The molecule has 2 aromatic rings. The summed E-state index contributed by atoms with van der Waals surface area (Å²) in [7, 11) is 0. The molecule has 0 aliphatic carbocycles. The molecule has 0 unspecified atom stereocenters. The highest BCUT2D eigenvalue weighted by Crippen LogP contribution is 2.28. The Morgan fingerprint density at radius 3 is 2.57 bits per heavy atom. The molecule has 0 radical (unpaired) electrons. The number of carbonyl (C=O) groups is 1. The van der Waals surface area contributed by atoms with E-state index in [2.05, 4.69) is 0 Å². The van der Waals surface area contributed by atoms with Crippen molar-refractivity contribution in [3.63, 3.8) is 0 Å². The number of aryl methyl sites for hydroxylation is 1. The number of hydrogen-bond acceptors (Lipinski definition) is 4. The molecule has 5 heteroatoms. The monoisotopic (exact) mass is 286 g/mol. The minimum absolute atomic E-state index is 0.162. The van der Waals surface area contributed by atoms with Crippen molar-refractivity contribution >= 4 is 17.3 Å². The number of anilines is 2. The van der Waals surface area contributed by atoms with Crippen LogP contribution >= 0.6 is 0 Å². The molecule has 21 heavy (non-hydrogen) atoms. The second-order valence-electron chi connectivity index (χ2n) is 4.69. The summed E-state index contributed by atoms with van der Waals surface area (Å²) in [4.78, 5) is 11.1. The quantitative estimate of drug-likeness (QED) is 0.734. The molecular formula is C16H18N2O3. The molecule has 5 N–H and O–H groups in total. The zero-order chi connectivity index (χ0) is 15.4. The van der Waals surface area contributed by atoms with Crippen LogP contribution in [0.4, 0.5) is 11.4 Å². The fourth-order valence-corrected chi connectivity index (χ4v) is 2.10. The number of ether oxygens (including phenoxy) is 1. The molecule has 0 atom stereocenters. The zero-order valence-corrected chi connectivity index (χ0v) is 11.8. The van der Waals surface area contributed by atoms with Crippen LogP contribution in [0.3, 0.4) is 0 Å². The number of nitrogens with two attached hydrogens (primary N) is 2. The first-order chi connectivity index (χ1) is 10.0. The summed E-state index contributed by atoms with van der Waals surface area (Å²) < 4.78 is 5.66. The fourth-order valence-electron chi connectivity index (χ4n) is 2.10. The second kappa shape index (κ2) is 6.17. The van der Waals surface area contributed by atoms with Crippen molar-refractivity contribution in [3.8, 4) is 5.75 Å². The third-order valence-corrected chi connectivity index (χ3v) is 3.29. The molecule has 0 saturated carbocycles. The van der Waals surface area contributed by atoms with E-state index in [9.17, 15) is 4.79 Å². The molecule has 0 saturated heterocycles. The van der Waals surface area contributed by atoms with E-state index in [0.717, 1.165) is 12.0 Å². The first kappa shape index (κ1) is 14.7. The van der Waals surface area contributed by atoms with Crippen LogP contribution in [0.25, 0.3) is 0 Å². The molecule has 0 fully saturated rings. The highest BCUT2D eigenvalue weighted by molar-refractivity contribution is 5.89. The van der Waals surface area contributed by atoms with Gasteiger partial charge in [0.05, 0.1) is 16.9 Å². The molecule has 2 rings (SSSR count). The van der Waals surface area contributed by atoms with Gasteiger partial charge in [0.25, 0.3) is 0 Å². The Morgan fingerprint density at radius 1 is 1.19 bits per heavy atom. The Balaban J connectivity index is 2.21. The average molecular weight is 286 g/mol. The Kier molecular flexibility index (Phi) is 4.33. The van der Waals surface area contributed by atoms with E-state index >= 15 is 0 Å². The summed E-state index contributed by atoms with van der Waals surface area (Å²) in [5.74, 6) is -0.390. The molecule has 0 spiro atoms. The highest BCUT2D eigenvalue weighted by atomic mass is 16.5. The average Bonchev–Trinajstić information content (AvgIpc) is 2.48. The maximum Gasteiger partial charge on any atom is 0.336 e. The minimum atomic E-state index is -0.972. The standard InChI is InChI=1S/C16H18N2O3/c1-2-10-7-12(8-14(17)15(10)18)21-9-11-5-3-4-6-13(11)16(19)20/h3-8H,2,9,17-18H2,1H3,(H,19,20). The van der Waals surface area contributed by atoms with Gasteiger partial charge >= 0.3 is 5.97 Å². The number of aromatic carboxylic acids is 1. The Labute approximate surface area is 123 Å². The predicted molar refractivity (Wildman–Crippen MR) is 82.4 cm³/mol. The predicted octanol–water partition coefficient (Wildman–Crippen LogP) is 2.69. The van der Waals surface area contributed by atoms with Crippen LogP contribution in [-0.4, -0.2) is 11.1 Å². The van der Waals surface area contributed by atoms with Gasteiger partial charge in [-0.25, -0.2) is 4.79 Å². The van der Waals surface area contributed by atoms with Crippen LogP contribution in [-0.2, 0) is 13.0 Å². The van der Waals surface area contributed by atoms with Crippen molar-refractivity contribution in [2.24, 2.45) is 0 Å². The van der Waals surface area contributed by atoms with Crippen molar-refractivity contribution in [2.75, 3.05) is 11.5 Å². The lowest BCUT2D eigenvalue weighted by Gasteiger charge is -2.12. The number of carboxylic acids is 1.